The maximum atomic E-state index is 10.8. The fourth-order valence-corrected chi connectivity index (χ4v) is 1.02. The molecule has 0 aliphatic rings. The fourth-order valence-electron chi connectivity index (χ4n) is 1.02. The van der Waals surface area contributed by atoms with E-state index in [1.165, 1.54) is 4.90 Å². The third kappa shape index (κ3) is 4.72. The molecule has 1 unspecified atom stereocenters. The highest BCUT2D eigenvalue weighted by Crippen LogP contribution is 1.99. The van der Waals surface area contributed by atoms with E-state index in [0.717, 1.165) is 6.42 Å². The van der Waals surface area contributed by atoms with E-state index in [-0.39, 0.29) is 6.04 Å². The first-order valence-corrected chi connectivity index (χ1v) is 4.63. The molecule has 13 heavy (non-hydrogen) atoms. The van der Waals surface area contributed by atoms with Crippen LogP contribution in [0.4, 0.5) is 4.79 Å². The molecule has 0 aliphatic carbocycles. The highest BCUT2D eigenvalue weighted by atomic mass is 16.4. The minimum Gasteiger partial charge on any atom is -0.465 e. The molecule has 0 bridgehead atoms. The predicted octanol–water partition coefficient (Wildman–Crippen LogP) is 1.33. The lowest BCUT2D eigenvalue weighted by atomic mass is 10.3. The Hall–Kier alpha value is -0.770. The Bertz CT molecular complexity index is 160. The fraction of sp³-hybridized carbons (Fsp3) is 0.889. The van der Waals surface area contributed by atoms with E-state index in [1.54, 1.807) is 0 Å². The number of carbonyl (C=O) groups is 1. The number of hydrogen-bond donors (Lipinski definition) is 1. The zero-order chi connectivity index (χ0) is 10.4. The Kier molecular flexibility index (Phi) is 5.46. The molecule has 0 rings (SSSR count). The van der Waals surface area contributed by atoms with Gasteiger partial charge in [-0.3, -0.25) is 0 Å². The highest BCUT2D eigenvalue weighted by Gasteiger charge is 2.15. The number of carboxylic acid groups (broad SMARTS) is 1. The molecule has 0 saturated carbocycles. The molecule has 78 valence electrons. The maximum Gasteiger partial charge on any atom is 0.407 e. The molecule has 0 radical (unpaired) electrons. The first-order valence-electron chi connectivity index (χ1n) is 4.63. The molecule has 1 atom stereocenters. The van der Waals surface area contributed by atoms with Gasteiger partial charge in [0.2, 0.25) is 0 Å². The summed E-state index contributed by atoms with van der Waals surface area (Å²) < 4.78 is 0. The maximum absolute atomic E-state index is 10.8. The second kappa shape index (κ2) is 5.80. The summed E-state index contributed by atoms with van der Waals surface area (Å²) in [5, 5.41) is 8.84. The summed E-state index contributed by atoms with van der Waals surface area (Å²) in [5.74, 6) is 0. The predicted molar refractivity (Wildman–Crippen MR) is 53.0 cm³/mol. The number of rotatable bonds is 5. The van der Waals surface area contributed by atoms with E-state index in [1.807, 2.05) is 32.8 Å². The lowest BCUT2D eigenvalue weighted by Crippen LogP contribution is -2.41. The van der Waals surface area contributed by atoms with Gasteiger partial charge in [0.05, 0.1) is 0 Å². The molecule has 0 heterocycles. The molecule has 4 heteroatoms. The summed E-state index contributed by atoms with van der Waals surface area (Å²) in [6, 6.07) is 0.266. The van der Waals surface area contributed by atoms with Crippen molar-refractivity contribution in [2.45, 2.75) is 26.3 Å². The molecule has 1 N–H and O–H groups in total. The molecule has 0 aromatic heterocycles. The van der Waals surface area contributed by atoms with Crippen LogP contribution in [0.3, 0.4) is 0 Å². The topological polar surface area (TPSA) is 43.8 Å². The van der Waals surface area contributed by atoms with Crippen LogP contribution >= 0.6 is 0 Å². The monoisotopic (exact) mass is 188 g/mol. The van der Waals surface area contributed by atoms with Crippen LogP contribution in [0.15, 0.2) is 0 Å². The minimum absolute atomic E-state index is 0.266. The van der Waals surface area contributed by atoms with Gasteiger partial charge in [-0.25, -0.2) is 4.79 Å². The molecular formula is C9H20N2O2. The lowest BCUT2D eigenvalue weighted by molar-refractivity contribution is 0.130. The average molecular weight is 188 g/mol. The van der Waals surface area contributed by atoms with Crippen LogP contribution < -0.4 is 0 Å². The van der Waals surface area contributed by atoms with Crippen LogP contribution in [0.2, 0.25) is 0 Å². The molecular weight excluding hydrogens is 168 g/mol. The third-order valence-corrected chi connectivity index (χ3v) is 2.13. The van der Waals surface area contributed by atoms with Crippen molar-refractivity contribution in [1.29, 1.82) is 0 Å². The second-order valence-corrected chi connectivity index (χ2v) is 3.54. The van der Waals surface area contributed by atoms with Crippen molar-refractivity contribution in [2.24, 2.45) is 0 Å². The normalized spacial score (nSPS) is 13.0. The summed E-state index contributed by atoms with van der Waals surface area (Å²) in [6.07, 6.45) is 0.0439. The van der Waals surface area contributed by atoms with Gasteiger partial charge in [0.25, 0.3) is 0 Å². The van der Waals surface area contributed by atoms with Crippen LogP contribution in [0, 0.1) is 0 Å². The number of likely N-dealkylation sites (N-methyl/N-ethyl adjacent to an activating group) is 1. The number of hydrogen-bond acceptors (Lipinski definition) is 2. The smallest absolute Gasteiger partial charge is 0.407 e. The molecule has 0 aromatic carbocycles. The standard InChI is InChI=1S/C9H20N2O2/c1-5-6-11(9(12)13)7-8(2)10(3)4/h8H,5-7H2,1-4H3,(H,12,13). The Morgan fingerprint density at radius 2 is 2.00 bits per heavy atom. The van der Waals surface area contributed by atoms with Crippen molar-refractivity contribution in [2.75, 3.05) is 27.2 Å². The van der Waals surface area contributed by atoms with Crippen molar-refractivity contribution >= 4 is 6.09 Å². The van der Waals surface area contributed by atoms with Crippen LogP contribution in [-0.2, 0) is 0 Å². The molecule has 4 nitrogen and oxygen atoms in total. The van der Waals surface area contributed by atoms with Gasteiger partial charge in [0.1, 0.15) is 0 Å². The minimum atomic E-state index is -0.824. The van der Waals surface area contributed by atoms with Crippen molar-refractivity contribution in [3.8, 4) is 0 Å². The Labute approximate surface area is 80.1 Å². The molecule has 0 aliphatic heterocycles. The van der Waals surface area contributed by atoms with Gasteiger partial charge >= 0.3 is 6.09 Å². The van der Waals surface area contributed by atoms with E-state index < -0.39 is 6.09 Å². The largest absolute Gasteiger partial charge is 0.465 e. The summed E-state index contributed by atoms with van der Waals surface area (Å²) in [4.78, 5) is 14.2. The van der Waals surface area contributed by atoms with E-state index in [9.17, 15) is 4.79 Å². The highest BCUT2D eigenvalue weighted by molar-refractivity contribution is 5.64. The zero-order valence-corrected chi connectivity index (χ0v) is 8.95. The van der Waals surface area contributed by atoms with Crippen LogP contribution in [0.1, 0.15) is 20.3 Å². The van der Waals surface area contributed by atoms with Gasteiger partial charge < -0.3 is 14.9 Å². The zero-order valence-electron chi connectivity index (χ0n) is 8.95. The van der Waals surface area contributed by atoms with Gasteiger partial charge in [0, 0.05) is 19.1 Å². The average Bonchev–Trinajstić information content (AvgIpc) is 2.03. The van der Waals surface area contributed by atoms with Gasteiger partial charge in [-0.05, 0) is 27.4 Å². The number of nitrogens with zero attached hydrogens (tertiary/aromatic N) is 2. The SMILES string of the molecule is CCCN(CC(C)N(C)C)C(=O)O. The van der Waals surface area contributed by atoms with Crippen molar-refractivity contribution in [3.63, 3.8) is 0 Å². The molecule has 0 saturated heterocycles. The first kappa shape index (κ1) is 12.2. The summed E-state index contributed by atoms with van der Waals surface area (Å²) >= 11 is 0. The van der Waals surface area contributed by atoms with Gasteiger partial charge in [-0.15, -0.1) is 0 Å². The van der Waals surface area contributed by atoms with Crippen LogP contribution in [0.5, 0.6) is 0 Å². The molecule has 0 fully saturated rings. The Morgan fingerprint density at radius 3 is 2.31 bits per heavy atom. The van der Waals surface area contributed by atoms with E-state index >= 15 is 0 Å². The summed E-state index contributed by atoms with van der Waals surface area (Å²) in [6.45, 7) is 5.20. The van der Waals surface area contributed by atoms with Gasteiger partial charge in [0.15, 0.2) is 0 Å². The quantitative estimate of drug-likeness (QED) is 0.707. The Balaban J connectivity index is 4.01. The van der Waals surface area contributed by atoms with Crippen molar-refractivity contribution in [1.82, 2.24) is 9.80 Å². The Morgan fingerprint density at radius 1 is 1.46 bits per heavy atom. The first-order chi connectivity index (χ1) is 5.99. The van der Waals surface area contributed by atoms with Gasteiger partial charge in [-0.1, -0.05) is 6.92 Å². The third-order valence-electron chi connectivity index (χ3n) is 2.13. The van der Waals surface area contributed by atoms with Crippen molar-refractivity contribution in [3.05, 3.63) is 0 Å². The van der Waals surface area contributed by atoms with Gasteiger partial charge in [-0.2, -0.15) is 0 Å². The summed E-state index contributed by atoms with van der Waals surface area (Å²) in [5.41, 5.74) is 0. The molecule has 0 spiro atoms. The van der Waals surface area contributed by atoms with E-state index in [4.69, 9.17) is 5.11 Å². The van der Waals surface area contributed by atoms with Crippen LogP contribution in [0.25, 0.3) is 0 Å². The summed E-state index contributed by atoms with van der Waals surface area (Å²) in [7, 11) is 3.91. The number of amides is 1. The van der Waals surface area contributed by atoms with Crippen LogP contribution in [-0.4, -0.2) is 54.2 Å². The van der Waals surface area contributed by atoms with Crippen molar-refractivity contribution < 1.29 is 9.90 Å². The second-order valence-electron chi connectivity index (χ2n) is 3.54. The van der Waals surface area contributed by atoms with E-state index in [2.05, 4.69) is 0 Å². The lowest BCUT2D eigenvalue weighted by Gasteiger charge is -2.26. The molecule has 0 aromatic rings. The van der Waals surface area contributed by atoms with E-state index in [0.29, 0.717) is 13.1 Å². The molecule has 1 amide bonds.